The van der Waals surface area contributed by atoms with Crippen LogP contribution in [0.1, 0.15) is 31.2 Å². The lowest BCUT2D eigenvalue weighted by molar-refractivity contribution is -0.147. The van der Waals surface area contributed by atoms with Crippen molar-refractivity contribution in [3.8, 4) is 5.75 Å². The molecule has 0 spiro atoms. The van der Waals surface area contributed by atoms with Gasteiger partial charge in [-0.3, -0.25) is 9.59 Å². The van der Waals surface area contributed by atoms with Gasteiger partial charge in [0.1, 0.15) is 11.5 Å². The van der Waals surface area contributed by atoms with Crippen LogP contribution in [0.5, 0.6) is 5.75 Å². The summed E-state index contributed by atoms with van der Waals surface area (Å²) in [4.78, 5) is 39.3. The molecule has 0 radical (unpaired) electrons. The summed E-state index contributed by atoms with van der Waals surface area (Å²) in [7, 11) is 1.61. The second-order valence-corrected chi connectivity index (χ2v) is 7.76. The van der Waals surface area contributed by atoms with Gasteiger partial charge in [0.2, 0.25) is 5.91 Å². The summed E-state index contributed by atoms with van der Waals surface area (Å²) >= 11 is 0. The molecular formula is C24H25N3O5. The lowest BCUT2D eigenvalue weighted by atomic mass is 10.1. The van der Waals surface area contributed by atoms with Gasteiger partial charge < -0.3 is 14.4 Å². The van der Waals surface area contributed by atoms with Crippen LogP contribution in [0.3, 0.4) is 0 Å². The van der Waals surface area contributed by atoms with E-state index in [1.54, 1.807) is 36.3 Å². The fourth-order valence-electron chi connectivity index (χ4n) is 3.50. The number of esters is 1. The molecule has 8 heteroatoms. The number of nitrogens with zero attached hydrogens (tertiary/aromatic N) is 3. The minimum Gasteiger partial charge on any atom is -0.497 e. The Morgan fingerprint density at radius 3 is 2.44 bits per heavy atom. The zero-order valence-corrected chi connectivity index (χ0v) is 17.9. The Kier molecular flexibility index (Phi) is 6.49. The number of amides is 2. The second-order valence-electron chi connectivity index (χ2n) is 7.76. The highest BCUT2D eigenvalue weighted by atomic mass is 16.5. The first-order chi connectivity index (χ1) is 15.5. The molecule has 1 aliphatic heterocycles. The first kappa shape index (κ1) is 21.5. The highest BCUT2D eigenvalue weighted by Crippen LogP contribution is 2.29. The van der Waals surface area contributed by atoms with E-state index in [0.29, 0.717) is 12.2 Å². The van der Waals surface area contributed by atoms with Crippen LogP contribution in [0.4, 0.5) is 5.69 Å². The third kappa shape index (κ3) is 5.14. The zero-order chi connectivity index (χ0) is 22.5. The monoisotopic (exact) mass is 435 g/mol. The van der Waals surface area contributed by atoms with E-state index in [9.17, 15) is 14.4 Å². The predicted molar refractivity (Wildman–Crippen MR) is 118 cm³/mol. The Balaban J connectivity index is 1.37. The van der Waals surface area contributed by atoms with Crippen molar-refractivity contribution < 1.29 is 23.9 Å². The second kappa shape index (κ2) is 9.64. The summed E-state index contributed by atoms with van der Waals surface area (Å²) in [6.45, 7) is 0.0894. The minimum atomic E-state index is -0.674. The maximum Gasteiger partial charge on any atom is 0.355 e. The topological polar surface area (TPSA) is 88.5 Å². The van der Waals surface area contributed by atoms with E-state index in [-0.39, 0.29) is 43.0 Å². The Hall–Kier alpha value is -3.68. The van der Waals surface area contributed by atoms with Crippen molar-refractivity contribution in [2.75, 3.05) is 18.7 Å². The number of hydrogen-bond donors (Lipinski definition) is 0. The lowest BCUT2D eigenvalue weighted by Crippen LogP contribution is -2.38. The van der Waals surface area contributed by atoms with Gasteiger partial charge in [-0.15, -0.1) is 0 Å². The number of methoxy groups -OCH3 is 1. The summed E-state index contributed by atoms with van der Waals surface area (Å²) in [6, 6.07) is 16.6. The maximum absolute atomic E-state index is 12.8. The quantitative estimate of drug-likeness (QED) is 0.595. The standard InChI is InChI=1S/C24H25N3O5/c1-31-20-11-7-17(8-12-20)15-26(18-9-10-18)23(29)16-32-24(30)21-13-14-22(28)27(25-21)19-5-3-2-4-6-19/h2-8,11-12,18H,9-10,13-16H2,1H3. The molecule has 0 N–H and O–H groups in total. The van der Waals surface area contributed by atoms with Gasteiger partial charge in [0.05, 0.1) is 12.8 Å². The normalized spacial score (nSPS) is 15.7. The molecule has 0 aromatic heterocycles. The first-order valence-electron chi connectivity index (χ1n) is 10.6. The Morgan fingerprint density at radius 2 is 1.78 bits per heavy atom. The van der Waals surface area contributed by atoms with Crippen molar-refractivity contribution in [3.05, 3.63) is 60.2 Å². The number of rotatable bonds is 8. The molecule has 1 fully saturated rings. The molecule has 1 aliphatic carbocycles. The Bertz CT molecular complexity index is 1020. The minimum absolute atomic E-state index is 0.134. The predicted octanol–water partition coefficient (Wildman–Crippen LogP) is 2.91. The van der Waals surface area contributed by atoms with Crippen LogP contribution >= 0.6 is 0 Å². The molecule has 0 unspecified atom stereocenters. The van der Waals surface area contributed by atoms with Gasteiger partial charge >= 0.3 is 5.97 Å². The van der Waals surface area contributed by atoms with E-state index in [1.165, 1.54) is 5.01 Å². The highest BCUT2D eigenvalue weighted by Gasteiger charge is 2.33. The Morgan fingerprint density at radius 1 is 1.06 bits per heavy atom. The van der Waals surface area contributed by atoms with Gasteiger partial charge in [0, 0.05) is 25.4 Å². The summed E-state index contributed by atoms with van der Waals surface area (Å²) < 4.78 is 10.4. The van der Waals surface area contributed by atoms with Gasteiger partial charge in [-0.2, -0.15) is 5.10 Å². The van der Waals surface area contributed by atoms with E-state index in [1.807, 2.05) is 30.3 Å². The smallest absolute Gasteiger partial charge is 0.355 e. The molecule has 1 saturated carbocycles. The number of hydrazone groups is 1. The van der Waals surface area contributed by atoms with Gasteiger partial charge in [-0.1, -0.05) is 30.3 Å². The van der Waals surface area contributed by atoms with Crippen molar-refractivity contribution in [2.24, 2.45) is 5.10 Å². The molecule has 166 valence electrons. The van der Waals surface area contributed by atoms with E-state index in [2.05, 4.69) is 5.10 Å². The molecule has 32 heavy (non-hydrogen) atoms. The van der Waals surface area contributed by atoms with Crippen molar-refractivity contribution in [1.82, 2.24) is 4.90 Å². The number of anilines is 1. The molecule has 4 rings (SSSR count). The molecular weight excluding hydrogens is 410 g/mol. The number of hydrogen-bond acceptors (Lipinski definition) is 6. The average molecular weight is 435 g/mol. The van der Waals surface area contributed by atoms with Crippen molar-refractivity contribution in [2.45, 2.75) is 38.3 Å². The molecule has 2 amide bonds. The summed E-state index contributed by atoms with van der Waals surface area (Å²) in [6.07, 6.45) is 2.23. The van der Waals surface area contributed by atoms with E-state index < -0.39 is 5.97 Å². The first-order valence-corrected chi connectivity index (χ1v) is 10.6. The number of carbonyl (C=O) groups excluding carboxylic acids is 3. The molecule has 2 aliphatic rings. The zero-order valence-electron chi connectivity index (χ0n) is 17.9. The third-order valence-corrected chi connectivity index (χ3v) is 5.42. The largest absolute Gasteiger partial charge is 0.497 e. The SMILES string of the molecule is COc1ccc(CN(C(=O)COC(=O)C2=NN(c3ccccc3)C(=O)CC2)C2CC2)cc1. The Labute approximate surface area is 186 Å². The summed E-state index contributed by atoms with van der Waals surface area (Å²) in [5.41, 5.74) is 1.69. The van der Waals surface area contributed by atoms with Gasteiger partial charge in [-0.25, -0.2) is 9.80 Å². The number of para-hydroxylation sites is 1. The van der Waals surface area contributed by atoms with E-state index in [4.69, 9.17) is 9.47 Å². The lowest BCUT2D eigenvalue weighted by Gasteiger charge is -2.24. The van der Waals surface area contributed by atoms with Gasteiger partial charge in [-0.05, 0) is 42.7 Å². The fraction of sp³-hybridized carbons (Fsp3) is 0.333. The summed E-state index contributed by atoms with van der Waals surface area (Å²) in [5.74, 6) is -0.359. The molecule has 8 nitrogen and oxygen atoms in total. The van der Waals surface area contributed by atoms with Crippen LogP contribution < -0.4 is 9.75 Å². The average Bonchev–Trinajstić information content (AvgIpc) is 3.67. The number of benzene rings is 2. The van der Waals surface area contributed by atoms with Gasteiger partial charge in [0.15, 0.2) is 6.61 Å². The molecule has 0 bridgehead atoms. The van der Waals surface area contributed by atoms with E-state index in [0.717, 1.165) is 24.2 Å². The van der Waals surface area contributed by atoms with Crippen molar-refractivity contribution >= 4 is 29.2 Å². The molecule has 0 saturated heterocycles. The molecule has 2 aromatic rings. The summed E-state index contributed by atoms with van der Waals surface area (Å²) in [5, 5.41) is 5.39. The molecule has 2 aromatic carbocycles. The van der Waals surface area contributed by atoms with Crippen molar-refractivity contribution in [3.63, 3.8) is 0 Å². The van der Waals surface area contributed by atoms with Crippen LogP contribution in [0.25, 0.3) is 0 Å². The van der Waals surface area contributed by atoms with Crippen LogP contribution in [0.2, 0.25) is 0 Å². The van der Waals surface area contributed by atoms with Crippen LogP contribution in [-0.2, 0) is 25.7 Å². The van der Waals surface area contributed by atoms with Crippen LogP contribution in [0.15, 0.2) is 59.7 Å². The third-order valence-electron chi connectivity index (χ3n) is 5.42. The number of carbonyl (C=O) groups is 3. The van der Waals surface area contributed by atoms with E-state index >= 15 is 0 Å². The number of ether oxygens (including phenoxy) is 2. The maximum atomic E-state index is 12.8. The molecule has 0 atom stereocenters. The highest BCUT2D eigenvalue weighted by molar-refractivity contribution is 6.38. The fourth-order valence-corrected chi connectivity index (χ4v) is 3.50. The van der Waals surface area contributed by atoms with Crippen molar-refractivity contribution in [1.29, 1.82) is 0 Å². The van der Waals surface area contributed by atoms with Crippen LogP contribution in [-0.4, -0.2) is 48.2 Å². The molecule has 1 heterocycles. The van der Waals surface area contributed by atoms with Crippen LogP contribution in [0, 0.1) is 0 Å². The van der Waals surface area contributed by atoms with Gasteiger partial charge in [0.25, 0.3) is 5.91 Å².